The summed E-state index contributed by atoms with van der Waals surface area (Å²) in [5, 5.41) is 3.05. The number of aryl methyl sites for hydroxylation is 2. The zero-order valence-electron chi connectivity index (χ0n) is 17.0. The maximum absolute atomic E-state index is 13.6. The average Bonchev–Trinajstić information content (AvgIpc) is 2.89. The van der Waals surface area contributed by atoms with Crippen molar-refractivity contribution >= 4 is 17.5 Å². The number of nitrogens with one attached hydrogen (secondary N) is 1. The maximum atomic E-state index is 13.6. The highest BCUT2D eigenvalue weighted by Gasteiger charge is 2.36. The van der Waals surface area contributed by atoms with E-state index in [1.54, 1.807) is 23.4 Å². The molecule has 0 aliphatic carbocycles. The summed E-state index contributed by atoms with van der Waals surface area (Å²) in [4.78, 5) is 32.2. The van der Waals surface area contributed by atoms with E-state index >= 15 is 0 Å². The van der Waals surface area contributed by atoms with E-state index in [0.717, 1.165) is 22.4 Å². The monoisotopic (exact) mass is 401 g/mol. The Kier molecular flexibility index (Phi) is 5.48. The van der Waals surface area contributed by atoms with Crippen molar-refractivity contribution in [3.63, 3.8) is 0 Å². The first-order valence-corrected chi connectivity index (χ1v) is 9.82. The molecule has 1 N–H and O–H groups in total. The van der Waals surface area contributed by atoms with Crippen molar-refractivity contribution in [3.05, 3.63) is 89.2 Å². The zero-order valence-corrected chi connectivity index (χ0v) is 17.0. The Bertz CT molecular complexity index is 1060. The predicted molar refractivity (Wildman–Crippen MR) is 114 cm³/mol. The Morgan fingerprint density at radius 1 is 1.10 bits per heavy atom. The molecule has 0 saturated heterocycles. The molecule has 30 heavy (non-hydrogen) atoms. The topological polar surface area (TPSA) is 71.5 Å². The van der Waals surface area contributed by atoms with E-state index < -0.39 is 6.04 Å². The van der Waals surface area contributed by atoms with Crippen molar-refractivity contribution in [3.8, 4) is 5.75 Å². The molecule has 1 aromatic heterocycles. The standard InChI is InChI=1S/C24H23N3O3/c1-16-7-5-8-17(2)22(16)26-24(29)23-19-10-3-4-11-20(19)30-15-21(28)27(23)14-18-9-6-12-25-13-18/h3-13,23H,14-15H2,1-2H3,(H,26,29). The number of carbonyl (C=O) groups excluding carboxylic acids is 2. The van der Waals surface area contributed by atoms with E-state index in [4.69, 9.17) is 4.74 Å². The Morgan fingerprint density at radius 2 is 1.87 bits per heavy atom. The molecule has 4 rings (SSSR count). The van der Waals surface area contributed by atoms with Crippen LogP contribution in [0.5, 0.6) is 5.75 Å². The number of aromatic nitrogens is 1. The van der Waals surface area contributed by atoms with Gasteiger partial charge in [-0.05, 0) is 42.7 Å². The fourth-order valence-corrected chi connectivity index (χ4v) is 3.73. The summed E-state index contributed by atoms with van der Waals surface area (Å²) in [5.41, 5.74) is 4.20. The molecule has 1 unspecified atom stereocenters. The van der Waals surface area contributed by atoms with Crippen LogP contribution in [-0.2, 0) is 16.1 Å². The van der Waals surface area contributed by atoms with Gasteiger partial charge < -0.3 is 15.0 Å². The van der Waals surface area contributed by atoms with Gasteiger partial charge in [-0.2, -0.15) is 0 Å². The van der Waals surface area contributed by atoms with Gasteiger partial charge >= 0.3 is 0 Å². The van der Waals surface area contributed by atoms with Gasteiger partial charge in [0.1, 0.15) is 11.8 Å². The maximum Gasteiger partial charge on any atom is 0.261 e. The number of para-hydroxylation sites is 2. The Balaban J connectivity index is 1.75. The third-order valence-electron chi connectivity index (χ3n) is 5.25. The number of amides is 2. The number of carbonyl (C=O) groups is 2. The van der Waals surface area contributed by atoms with Gasteiger partial charge in [0.15, 0.2) is 6.61 Å². The third-order valence-corrected chi connectivity index (χ3v) is 5.25. The van der Waals surface area contributed by atoms with Crippen LogP contribution in [0.1, 0.15) is 28.3 Å². The third kappa shape index (κ3) is 3.89. The van der Waals surface area contributed by atoms with Crippen molar-refractivity contribution in [2.24, 2.45) is 0 Å². The molecular weight excluding hydrogens is 378 g/mol. The number of benzene rings is 2. The van der Waals surface area contributed by atoms with Gasteiger partial charge in [0, 0.05) is 30.2 Å². The first-order chi connectivity index (χ1) is 14.5. The van der Waals surface area contributed by atoms with E-state index in [-0.39, 0.29) is 25.0 Å². The molecule has 6 heteroatoms. The minimum absolute atomic E-state index is 0.121. The number of fused-ring (bicyclic) bond motifs is 1. The van der Waals surface area contributed by atoms with E-state index in [2.05, 4.69) is 10.3 Å². The van der Waals surface area contributed by atoms with E-state index in [1.807, 2.05) is 62.4 Å². The summed E-state index contributed by atoms with van der Waals surface area (Å²) in [6, 6.07) is 16.0. The largest absolute Gasteiger partial charge is 0.483 e. The van der Waals surface area contributed by atoms with Crippen LogP contribution in [0.25, 0.3) is 0 Å². The number of nitrogens with zero attached hydrogens (tertiary/aromatic N) is 2. The summed E-state index contributed by atoms with van der Waals surface area (Å²) in [7, 11) is 0. The minimum atomic E-state index is -0.824. The number of anilines is 1. The van der Waals surface area contributed by atoms with Crippen LogP contribution in [0, 0.1) is 13.8 Å². The summed E-state index contributed by atoms with van der Waals surface area (Å²) >= 11 is 0. The van der Waals surface area contributed by atoms with E-state index in [9.17, 15) is 9.59 Å². The predicted octanol–water partition coefficient (Wildman–Crippen LogP) is 3.80. The fourth-order valence-electron chi connectivity index (χ4n) is 3.73. The van der Waals surface area contributed by atoms with Crippen molar-refractivity contribution in [2.45, 2.75) is 26.4 Å². The zero-order chi connectivity index (χ0) is 21.1. The molecule has 2 aromatic carbocycles. The average molecular weight is 401 g/mol. The van der Waals surface area contributed by atoms with Gasteiger partial charge in [0.2, 0.25) is 0 Å². The summed E-state index contributed by atoms with van der Waals surface area (Å²) in [6.45, 7) is 4.04. The number of pyridine rings is 1. The summed E-state index contributed by atoms with van der Waals surface area (Å²) in [5.74, 6) is 0.0143. The van der Waals surface area contributed by atoms with E-state index in [0.29, 0.717) is 11.3 Å². The molecule has 152 valence electrons. The molecule has 0 bridgehead atoms. The molecule has 1 aliphatic rings. The number of hydrogen-bond donors (Lipinski definition) is 1. The second-order valence-corrected chi connectivity index (χ2v) is 7.37. The Labute approximate surface area is 175 Å². The smallest absolute Gasteiger partial charge is 0.261 e. The SMILES string of the molecule is Cc1cccc(C)c1NC(=O)C1c2ccccc2OCC(=O)N1Cc1cccnc1. The molecule has 0 radical (unpaired) electrons. The van der Waals surface area contributed by atoms with Crippen molar-refractivity contribution in [1.29, 1.82) is 0 Å². The lowest BCUT2D eigenvalue weighted by Crippen LogP contribution is -2.41. The lowest BCUT2D eigenvalue weighted by Gasteiger charge is -2.29. The first kappa shape index (κ1) is 19.6. The second-order valence-electron chi connectivity index (χ2n) is 7.37. The highest BCUT2D eigenvalue weighted by atomic mass is 16.5. The molecule has 0 fully saturated rings. The molecule has 2 amide bonds. The molecule has 0 spiro atoms. The van der Waals surface area contributed by atoms with Gasteiger partial charge in [0.25, 0.3) is 11.8 Å². The van der Waals surface area contributed by atoms with Crippen LogP contribution >= 0.6 is 0 Å². The summed E-state index contributed by atoms with van der Waals surface area (Å²) < 4.78 is 5.72. The Morgan fingerprint density at radius 3 is 2.60 bits per heavy atom. The lowest BCUT2D eigenvalue weighted by atomic mass is 10.0. The minimum Gasteiger partial charge on any atom is -0.483 e. The van der Waals surface area contributed by atoms with Crippen molar-refractivity contribution < 1.29 is 14.3 Å². The highest BCUT2D eigenvalue weighted by molar-refractivity contribution is 5.99. The molecule has 3 aromatic rings. The van der Waals surface area contributed by atoms with Crippen molar-refractivity contribution in [2.75, 3.05) is 11.9 Å². The van der Waals surface area contributed by atoms with Gasteiger partial charge in [0.05, 0.1) is 0 Å². The number of ether oxygens (including phenoxy) is 1. The second kappa shape index (κ2) is 8.37. The van der Waals surface area contributed by atoms with Crippen molar-refractivity contribution in [1.82, 2.24) is 9.88 Å². The van der Waals surface area contributed by atoms with Gasteiger partial charge in [-0.1, -0.05) is 42.5 Å². The molecule has 1 atom stereocenters. The molecule has 2 heterocycles. The molecule has 0 saturated carbocycles. The van der Waals surface area contributed by atoms with Crippen LogP contribution in [0.4, 0.5) is 5.69 Å². The van der Waals surface area contributed by atoms with Gasteiger partial charge in [-0.25, -0.2) is 0 Å². The number of hydrogen-bond acceptors (Lipinski definition) is 4. The van der Waals surface area contributed by atoms with Crippen LogP contribution in [-0.4, -0.2) is 28.3 Å². The van der Waals surface area contributed by atoms with Crippen LogP contribution in [0.15, 0.2) is 67.0 Å². The van der Waals surface area contributed by atoms with Gasteiger partial charge in [-0.3, -0.25) is 14.6 Å². The van der Waals surface area contributed by atoms with Gasteiger partial charge in [-0.15, -0.1) is 0 Å². The van der Waals surface area contributed by atoms with E-state index in [1.165, 1.54) is 0 Å². The normalized spacial score (nSPS) is 15.7. The highest BCUT2D eigenvalue weighted by Crippen LogP contribution is 2.35. The Hall–Kier alpha value is -3.67. The van der Waals surface area contributed by atoms with Crippen LogP contribution in [0.2, 0.25) is 0 Å². The van der Waals surface area contributed by atoms with Crippen LogP contribution in [0.3, 0.4) is 0 Å². The summed E-state index contributed by atoms with van der Waals surface area (Å²) in [6.07, 6.45) is 3.38. The fraction of sp³-hybridized carbons (Fsp3) is 0.208. The quantitative estimate of drug-likeness (QED) is 0.722. The first-order valence-electron chi connectivity index (χ1n) is 9.82. The number of rotatable bonds is 4. The molecule has 6 nitrogen and oxygen atoms in total. The lowest BCUT2D eigenvalue weighted by molar-refractivity contribution is -0.140. The molecule has 1 aliphatic heterocycles. The molecular formula is C24H23N3O3. The van der Waals surface area contributed by atoms with Crippen LogP contribution < -0.4 is 10.1 Å².